The van der Waals surface area contributed by atoms with Gasteiger partial charge in [-0.15, -0.1) is 0 Å². The Hall–Kier alpha value is 0. The van der Waals surface area contributed by atoms with Gasteiger partial charge in [0.1, 0.15) is 0 Å². The van der Waals surface area contributed by atoms with Gasteiger partial charge in [-0.2, -0.15) is 0 Å². The summed E-state index contributed by atoms with van der Waals surface area (Å²) in [6.07, 6.45) is 3.85. The summed E-state index contributed by atoms with van der Waals surface area (Å²) in [4.78, 5) is 0. The molecule has 0 atom stereocenters. The molecule has 0 aliphatic carbocycles. The Morgan fingerprint density at radius 1 is 0.643 bits per heavy atom. The molecule has 0 aromatic carbocycles. The zero-order chi connectivity index (χ0) is 11.6. The molecule has 0 aromatic heterocycles. The smallest absolute Gasteiger partial charge is 0.0298 e. The predicted octanol–water partition coefficient (Wildman–Crippen LogP) is 5.28. The molecular formula is C14H30. The minimum Gasteiger partial charge on any atom is -0.0649 e. The van der Waals surface area contributed by atoms with Crippen molar-refractivity contribution in [2.24, 2.45) is 16.2 Å². The third-order valence-electron chi connectivity index (χ3n) is 4.59. The van der Waals surface area contributed by atoms with E-state index in [4.69, 9.17) is 0 Å². The fourth-order valence-electron chi connectivity index (χ4n) is 2.04. The largest absolute Gasteiger partial charge is 0.0649 e. The first-order valence-electron chi connectivity index (χ1n) is 6.08. The SMILES string of the molecule is CCC(C)(C)CC(C)(C)C(C)(C)CC. The summed E-state index contributed by atoms with van der Waals surface area (Å²) < 4.78 is 0. The van der Waals surface area contributed by atoms with Crippen molar-refractivity contribution in [1.29, 1.82) is 0 Å². The molecule has 0 heterocycles. The zero-order valence-electron chi connectivity index (χ0n) is 11.6. The molecule has 0 rings (SSSR count). The molecule has 0 aliphatic heterocycles. The van der Waals surface area contributed by atoms with E-state index < -0.39 is 0 Å². The topological polar surface area (TPSA) is 0 Å². The van der Waals surface area contributed by atoms with E-state index in [2.05, 4.69) is 55.4 Å². The predicted molar refractivity (Wildman–Crippen MR) is 66.5 cm³/mol. The lowest BCUT2D eigenvalue weighted by Crippen LogP contribution is -2.36. The van der Waals surface area contributed by atoms with Crippen LogP contribution in [0.25, 0.3) is 0 Å². The normalized spacial score (nSPS) is 14.6. The van der Waals surface area contributed by atoms with Crippen molar-refractivity contribution < 1.29 is 0 Å². The van der Waals surface area contributed by atoms with Crippen molar-refractivity contribution in [2.45, 2.75) is 74.7 Å². The summed E-state index contributed by atoms with van der Waals surface area (Å²) in [6, 6.07) is 0. The maximum absolute atomic E-state index is 2.42. The van der Waals surface area contributed by atoms with Crippen molar-refractivity contribution in [3.63, 3.8) is 0 Å². The molecule has 0 nitrogen and oxygen atoms in total. The van der Waals surface area contributed by atoms with E-state index in [1.54, 1.807) is 0 Å². The molecule has 0 aromatic rings. The van der Waals surface area contributed by atoms with Crippen molar-refractivity contribution >= 4 is 0 Å². The van der Waals surface area contributed by atoms with Gasteiger partial charge < -0.3 is 0 Å². The van der Waals surface area contributed by atoms with Crippen LogP contribution in [0.5, 0.6) is 0 Å². The molecular weight excluding hydrogens is 168 g/mol. The molecule has 0 unspecified atom stereocenters. The van der Waals surface area contributed by atoms with Crippen LogP contribution in [-0.2, 0) is 0 Å². The first-order chi connectivity index (χ1) is 6.08. The molecule has 0 bridgehead atoms. The van der Waals surface area contributed by atoms with Crippen LogP contribution in [0.4, 0.5) is 0 Å². The number of hydrogen-bond donors (Lipinski definition) is 0. The van der Waals surface area contributed by atoms with Gasteiger partial charge in [0.2, 0.25) is 0 Å². The highest BCUT2D eigenvalue weighted by Gasteiger charge is 2.38. The van der Waals surface area contributed by atoms with Crippen molar-refractivity contribution in [1.82, 2.24) is 0 Å². The minimum atomic E-state index is 0.432. The summed E-state index contributed by atoms with van der Waals surface area (Å²) in [5.74, 6) is 0. The van der Waals surface area contributed by atoms with Gasteiger partial charge in [0.15, 0.2) is 0 Å². The van der Waals surface area contributed by atoms with Crippen LogP contribution in [0, 0.1) is 16.2 Å². The van der Waals surface area contributed by atoms with Crippen LogP contribution in [0.1, 0.15) is 74.7 Å². The molecule has 0 heteroatoms. The lowest BCUT2D eigenvalue weighted by molar-refractivity contribution is 0.0475. The summed E-state index contributed by atoms with van der Waals surface area (Å²) in [5, 5.41) is 0. The van der Waals surface area contributed by atoms with Crippen molar-refractivity contribution in [3.8, 4) is 0 Å². The Bertz CT molecular complexity index is 172. The summed E-state index contributed by atoms with van der Waals surface area (Å²) in [7, 11) is 0. The van der Waals surface area contributed by atoms with Crippen LogP contribution in [0.15, 0.2) is 0 Å². The van der Waals surface area contributed by atoms with Crippen LogP contribution >= 0.6 is 0 Å². The second-order valence-electron chi connectivity index (χ2n) is 6.82. The van der Waals surface area contributed by atoms with E-state index >= 15 is 0 Å². The number of rotatable bonds is 5. The second-order valence-corrected chi connectivity index (χ2v) is 6.82. The molecule has 0 radical (unpaired) electrons. The standard InChI is InChI=1S/C14H30/c1-9-12(3,4)11-14(7,8)13(5,6)10-2/h9-11H2,1-8H3. The summed E-state index contributed by atoms with van der Waals surface area (Å²) in [6.45, 7) is 19.0. The first kappa shape index (κ1) is 14.0. The molecule has 0 spiro atoms. The van der Waals surface area contributed by atoms with Gasteiger partial charge in [0.05, 0.1) is 0 Å². The second kappa shape index (κ2) is 4.24. The average Bonchev–Trinajstić information content (AvgIpc) is 2.02. The Kier molecular flexibility index (Phi) is 4.24. The molecule has 86 valence electrons. The van der Waals surface area contributed by atoms with E-state index in [1.807, 2.05) is 0 Å². The van der Waals surface area contributed by atoms with Crippen LogP contribution in [0.2, 0.25) is 0 Å². The van der Waals surface area contributed by atoms with Gasteiger partial charge >= 0.3 is 0 Å². The fourth-order valence-corrected chi connectivity index (χ4v) is 2.04. The Morgan fingerprint density at radius 3 is 1.36 bits per heavy atom. The van der Waals surface area contributed by atoms with Crippen LogP contribution < -0.4 is 0 Å². The number of hydrogen-bond acceptors (Lipinski definition) is 0. The summed E-state index contributed by atoms with van der Waals surface area (Å²) >= 11 is 0. The Morgan fingerprint density at radius 2 is 1.07 bits per heavy atom. The molecule has 14 heavy (non-hydrogen) atoms. The van der Waals surface area contributed by atoms with Gasteiger partial charge in [-0.25, -0.2) is 0 Å². The van der Waals surface area contributed by atoms with Gasteiger partial charge in [-0.3, -0.25) is 0 Å². The van der Waals surface area contributed by atoms with E-state index in [-0.39, 0.29) is 0 Å². The monoisotopic (exact) mass is 198 g/mol. The first-order valence-corrected chi connectivity index (χ1v) is 6.08. The molecule has 0 fully saturated rings. The van der Waals surface area contributed by atoms with E-state index in [0.717, 1.165) is 0 Å². The van der Waals surface area contributed by atoms with Gasteiger partial charge in [0.25, 0.3) is 0 Å². The maximum atomic E-state index is 2.42. The lowest BCUT2D eigenvalue weighted by Gasteiger charge is -2.45. The third-order valence-corrected chi connectivity index (χ3v) is 4.59. The molecule has 0 amide bonds. The average molecular weight is 198 g/mol. The highest BCUT2D eigenvalue weighted by atomic mass is 14.4. The quantitative estimate of drug-likeness (QED) is 0.564. The van der Waals surface area contributed by atoms with E-state index in [9.17, 15) is 0 Å². The summed E-state index contributed by atoms with van der Waals surface area (Å²) in [5.41, 5.74) is 1.36. The maximum Gasteiger partial charge on any atom is -0.0298 e. The lowest BCUT2D eigenvalue weighted by atomic mass is 9.60. The fraction of sp³-hybridized carbons (Fsp3) is 1.00. The van der Waals surface area contributed by atoms with E-state index in [0.29, 0.717) is 16.2 Å². The van der Waals surface area contributed by atoms with Crippen LogP contribution in [-0.4, -0.2) is 0 Å². The van der Waals surface area contributed by atoms with Gasteiger partial charge in [-0.05, 0) is 22.7 Å². The van der Waals surface area contributed by atoms with Crippen LogP contribution in [0.3, 0.4) is 0 Å². The Balaban J connectivity index is 4.64. The van der Waals surface area contributed by atoms with Gasteiger partial charge in [-0.1, -0.05) is 68.2 Å². The minimum absolute atomic E-state index is 0.432. The highest BCUT2D eigenvalue weighted by molar-refractivity contribution is 4.89. The molecule has 0 saturated carbocycles. The zero-order valence-corrected chi connectivity index (χ0v) is 11.6. The molecule has 0 aliphatic rings. The molecule has 0 saturated heterocycles. The molecule has 0 N–H and O–H groups in total. The van der Waals surface area contributed by atoms with Gasteiger partial charge in [0, 0.05) is 0 Å². The van der Waals surface area contributed by atoms with E-state index in [1.165, 1.54) is 19.3 Å². The highest BCUT2D eigenvalue weighted by Crippen LogP contribution is 2.48. The third kappa shape index (κ3) is 3.29. The Labute approximate surface area is 91.5 Å². The van der Waals surface area contributed by atoms with Crippen molar-refractivity contribution in [2.75, 3.05) is 0 Å². The van der Waals surface area contributed by atoms with Crippen molar-refractivity contribution in [3.05, 3.63) is 0 Å².